The van der Waals surface area contributed by atoms with E-state index < -0.39 is 0 Å². The summed E-state index contributed by atoms with van der Waals surface area (Å²) in [5.41, 5.74) is 0. The van der Waals surface area contributed by atoms with Gasteiger partial charge in [-0.1, -0.05) is 50.7 Å². The van der Waals surface area contributed by atoms with Crippen LogP contribution in [0.15, 0.2) is 12.2 Å². The molecule has 0 rings (SSSR count). The number of hydrogen-bond acceptors (Lipinski definition) is 4. The quantitative estimate of drug-likeness (QED) is 0.0692. The fraction of sp³-hybridized carbons (Fsp3) is 0.840. The highest BCUT2D eigenvalue weighted by Gasteiger charge is 2.20. The smallest absolute Gasteiger partial charge is 0.302 e. The van der Waals surface area contributed by atoms with Crippen LogP contribution in [0.4, 0.5) is 0 Å². The van der Waals surface area contributed by atoms with Gasteiger partial charge in [-0.3, -0.25) is 9.59 Å². The molecule has 0 aliphatic heterocycles. The third kappa shape index (κ3) is 20.6. The molecule has 0 aromatic heterocycles. The molecule has 0 bridgehead atoms. The molecule has 0 spiro atoms. The van der Waals surface area contributed by atoms with Gasteiger partial charge in [-0.2, -0.15) is 0 Å². The van der Waals surface area contributed by atoms with E-state index in [0.29, 0.717) is 19.4 Å². The number of unbranched alkanes of at least 4 members (excludes halogenated alkanes) is 6. The molecule has 33 heavy (non-hydrogen) atoms. The Bertz CT molecular complexity index is 532. The van der Waals surface area contributed by atoms with Gasteiger partial charge in [0.25, 0.3) is 0 Å². The summed E-state index contributed by atoms with van der Waals surface area (Å²) in [6.45, 7) is 1.83. The number of methoxy groups -OCH3 is 1. The first-order valence-corrected chi connectivity index (χ1v) is 13.5. The van der Waals surface area contributed by atoms with Crippen molar-refractivity contribution in [3.63, 3.8) is 0 Å². The van der Waals surface area contributed by atoms with Crippen LogP contribution in [0.5, 0.6) is 0 Å². The Hall–Kier alpha value is -0.490. The molecule has 0 heterocycles. The molecular weight excluding hydrogens is 485 g/mol. The molecule has 1 unspecified atom stereocenters. The lowest BCUT2D eigenvalue weighted by Gasteiger charge is -2.27. The minimum atomic E-state index is -0.361. The number of rotatable bonds is 21. The van der Waals surface area contributed by atoms with Gasteiger partial charge in [-0.15, -0.1) is 34.8 Å². The van der Waals surface area contributed by atoms with Gasteiger partial charge in [0.1, 0.15) is 11.4 Å². The summed E-state index contributed by atoms with van der Waals surface area (Å²) >= 11 is 17.9. The second kappa shape index (κ2) is 22.0. The number of ether oxygens (including phenoxy) is 2. The van der Waals surface area contributed by atoms with Gasteiger partial charge in [0.2, 0.25) is 5.91 Å². The number of carbonyl (C=O) groups excluding carboxylic acids is 2. The zero-order valence-corrected chi connectivity index (χ0v) is 23.0. The largest absolute Gasteiger partial charge is 0.464 e. The number of esters is 1. The van der Waals surface area contributed by atoms with Crippen molar-refractivity contribution in [2.24, 2.45) is 0 Å². The maximum absolute atomic E-state index is 12.4. The molecule has 2 atom stereocenters. The molecule has 0 N–H and O–H groups in total. The van der Waals surface area contributed by atoms with Crippen LogP contribution in [0, 0.1) is 0 Å². The van der Waals surface area contributed by atoms with Crippen LogP contribution in [0.1, 0.15) is 90.4 Å². The van der Waals surface area contributed by atoms with E-state index in [1.807, 2.05) is 0 Å². The Balaban J connectivity index is 3.77. The Morgan fingerprint density at radius 3 is 2.03 bits per heavy atom. The molecular formula is C25H44Cl3NO4. The average Bonchev–Trinajstić information content (AvgIpc) is 2.76. The maximum Gasteiger partial charge on any atom is 0.302 e. The highest BCUT2D eigenvalue weighted by Crippen LogP contribution is 2.18. The highest BCUT2D eigenvalue weighted by molar-refractivity contribution is 6.44. The predicted molar refractivity (Wildman–Crippen MR) is 139 cm³/mol. The number of carbonyl (C=O) groups is 2. The van der Waals surface area contributed by atoms with E-state index in [9.17, 15) is 9.59 Å². The van der Waals surface area contributed by atoms with Crippen molar-refractivity contribution in [2.75, 3.05) is 27.4 Å². The number of hydrogen-bond donors (Lipinski definition) is 0. The SMILES string of the molecule is COC[C@@H](COC(C)=O)N(C)C(=O)CC/C=C/CCCCC(Cl)CCCCCCCC(Cl)Cl. The van der Waals surface area contributed by atoms with Crippen LogP contribution < -0.4 is 0 Å². The number of likely N-dealkylation sites (N-methyl/N-ethyl adjacent to an activating group) is 1. The van der Waals surface area contributed by atoms with Gasteiger partial charge < -0.3 is 14.4 Å². The third-order valence-electron chi connectivity index (χ3n) is 5.55. The van der Waals surface area contributed by atoms with Crippen molar-refractivity contribution in [1.82, 2.24) is 4.90 Å². The van der Waals surface area contributed by atoms with Crippen molar-refractivity contribution >= 4 is 46.7 Å². The van der Waals surface area contributed by atoms with E-state index >= 15 is 0 Å². The lowest BCUT2D eigenvalue weighted by atomic mass is 10.0. The van der Waals surface area contributed by atoms with Gasteiger partial charge in [0, 0.05) is 32.9 Å². The van der Waals surface area contributed by atoms with Crippen LogP contribution in [-0.2, 0) is 19.1 Å². The second-order valence-electron chi connectivity index (χ2n) is 8.54. The van der Waals surface area contributed by atoms with Crippen molar-refractivity contribution in [2.45, 2.75) is 107 Å². The van der Waals surface area contributed by atoms with Crippen molar-refractivity contribution in [3.8, 4) is 0 Å². The lowest BCUT2D eigenvalue weighted by Crippen LogP contribution is -2.43. The van der Waals surface area contributed by atoms with Gasteiger partial charge in [-0.25, -0.2) is 0 Å². The van der Waals surface area contributed by atoms with E-state index in [1.165, 1.54) is 32.6 Å². The maximum atomic E-state index is 12.4. The number of allylic oxidation sites excluding steroid dienone is 2. The molecule has 5 nitrogen and oxygen atoms in total. The van der Waals surface area contributed by atoms with Gasteiger partial charge in [-0.05, 0) is 38.5 Å². The number of alkyl halides is 3. The normalized spacial score (nSPS) is 13.4. The number of halogens is 3. The monoisotopic (exact) mass is 527 g/mol. The summed E-state index contributed by atoms with van der Waals surface area (Å²) in [5.74, 6) is -0.346. The molecule has 0 radical (unpaired) electrons. The molecule has 0 aliphatic carbocycles. The summed E-state index contributed by atoms with van der Waals surface area (Å²) in [6.07, 6.45) is 17.6. The van der Waals surface area contributed by atoms with Crippen molar-refractivity contribution in [3.05, 3.63) is 12.2 Å². The van der Waals surface area contributed by atoms with E-state index in [2.05, 4.69) is 12.2 Å². The average molecular weight is 529 g/mol. The second-order valence-corrected chi connectivity index (χ2v) is 10.4. The topological polar surface area (TPSA) is 55.8 Å². The Labute approximate surface area is 216 Å². The van der Waals surface area contributed by atoms with E-state index in [0.717, 1.165) is 44.9 Å². The molecule has 0 aromatic carbocycles. The number of amides is 1. The fourth-order valence-electron chi connectivity index (χ4n) is 3.47. The first-order chi connectivity index (χ1) is 15.8. The molecule has 0 saturated heterocycles. The van der Waals surface area contributed by atoms with Crippen molar-refractivity contribution < 1.29 is 19.1 Å². The summed E-state index contributed by atoms with van der Waals surface area (Å²) in [4.78, 5) is 24.8. The standard InChI is InChI=1S/C25H44Cl3NO4/c1-21(30)33-20-23(19-32-3)29(2)25(31)18-14-10-5-4-7-11-15-22(26)16-12-8-6-9-13-17-24(27)28/h5,10,22-24H,4,6-9,11-20H2,1-3H3/b10-5+/t22?,23-/m0/s1. The van der Waals surface area contributed by atoms with Crippen LogP contribution in [-0.4, -0.2) is 60.4 Å². The van der Waals surface area contributed by atoms with Gasteiger partial charge in [0.15, 0.2) is 0 Å². The Morgan fingerprint density at radius 1 is 0.848 bits per heavy atom. The van der Waals surface area contributed by atoms with Crippen LogP contribution in [0.3, 0.4) is 0 Å². The van der Waals surface area contributed by atoms with E-state index in [1.54, 1.807) is 19.1 Å². The number of nitrogens with zero attached hydrogens (tertiary/aromatic N) is 1. The minimum absolute atomic E-state index is 0.0149. The first kappa shape index (κ1) is 32.5. The molecule has 194 valence electrons. The van der Waals surface area contributed by atoms with Crippen LogP contribution in [0.2, 0.25) is 0 Å². The van der Waals surface area contributed by atoms with Gasteiger partial charge >= 0.3 is 5.97 Å². The Kier molecular flexibility index (Phi) is 21.7. The van der Waals surface area contributed by atoms with Gasteiger partial charge in [0.05, 0.1) is 12.6 Å². The molecule has 0 saturated carbocycles. The molecule has 8 heteroatoms. The van der Waals surface area contributed by atoms with Crippen molar-refractivity contribution in [1.29, 1.82) is 0 Å². The van der Waals surface area contributed by atoms with Crippen LogP contribution in [0.25, 0.3) is 0 Å². The zero-order valence-electron chi connectivity index (χ0n) is 20.7. The first-order valence-electron chi connectivity index (χ1n) is 12.2. The molecule has 0 aromatic rings. The van der Waals surface area contributed by atoms with E-state index in [-0.39, 0.29) is 34.7 Å². The summed E-state index contributed by atoms with van der Waals surface area (Å²) < 4.78 is 10.2. The van der Waals surface area contributed by atoms with Crippen LogP contribution >= 0.6 is 34.8 Å². The predicted octanol–water partition coefficient (Wildman–Crippen LogP) is 7.06. The van der Waals surface area contributed by atoms with E-state index in [4.69, 9.17) is 44.3 Å². The summed E-state index contributed by atoms with van der Waals surface area (Å²) in [7, 11) is 3.29. The summed E-state index contributed by atoms with van der Waals surface area (Å²) in [6, 6.07) is -0.270. The third-order valence-corrected chi connectivity index (χ3v) is 6.42. The summed E-state index contributed by atoms with van der Waals surface area (Å²) in [5, 5.41) is 0.268. The zero-order chi connectivity index (χ0) is 24.9. The minimum Gasteiger partial charge on any atom is -0.464 e. The fourth-order valence-corrected chi connectivity index (χ4v) is 4.08. The Morgan fingerprint density at radius 2 is 1.42 bits per heavy atom. The molecule has 0 fully saturated rings. The molecule has 0 aliphatic rings. The highest BCUT2D eigenvalue weighted by atomic mass is 35.5. The molecule has 1 amide bonds. The lowest BCUT2D eigenvalue weighted by molar-refractivity contribution is -0.146.